The lowest BCUT2D eigenvalue weighted by molar-refractivity contribution is -0.129. The number of allylic oxidation sites excluding steroid dienone is 1. The number of hydrogen-bond acceptors (Lipinski definition) is 3. The molecule has 2 atom stereocenters. The lowest BCUT2D eigenvalue weighted by Crippen LogP contribution is -2.44. The summed E-state index contributed by atoms with van der Waals surface area (Å²) in [6.07, 6.45) is 6.34. The van der Waals surface area contributed by atoms with Crippen LogP contribution in [0.15, 0.2) is 11.6 Å². The molecule has 1 heterocycles. The van der Waals surface area contributed by atoms with Gasteiger partial charge in [-0.15, -0.1) is 0 Å². The molecular formula is C16H28N2O2. The van der Waals surface area contributed by atoms with Crippen LogP contribution in [0.25, 0.3) is 0 Å². The van der Waals surface area contributed by atoms with Gasteiger partial charge in [-0.1, -0.05) is 6.08 Å². The average molecular weight is 280 g/mol. The fourth-order valence-corrected chi connectivity index (χ4v) is 3.08. The summed E-state index contributed by atoms with van der Waals surface area (Å²) in [7, 11) is 4.18. The molecule has 0 aromatic rings. The highest BCUT2D eigenvalue weighted by Crippen LogP contribution is 2.25. The third kappa shape index (κ3) is 3.83. The summed E-state index contributed by atoms with van der Waals surface area (Å²) < 4.78 is 5.72. The summed E-state index contributed by atoms with van der Waals surface area (Å²) in [5.74, 6) is 0.682. The largest absolute Gasteiger partial charge is 0.379 e. The first-order valence-electron chi connectivity index (χ1n) is 7.82. The monoisotopic (exact) mass is 280 g/mol. The van der Waals surface area contributed by atoms with Gasteiger partial charge in [0.1, 0.15) is 0 Å². The van der Waals surface area contributed by atoms with Crippen LogP contribution in [0.4, 0.5) is 0 Å². The second-order valence-electron chi connectivity index (χ2n) is 6.29. The van der Waals surface area contributed by atoms with Crippen LogP contribution in [0.1, 0.15) is 32.6 Å². The van der Waals surface area contributed by atoms with E-state index in [0.717, 1.165) is 51.0 Å². The first kappa shape index (κ1) is 15.5. The van der Waals surface area contributed by atoms with Crippen LogP contribution in [0.3, 0.4) is 0 Å². The van der Waals surface area contributed by atoms with Crippen molar-refractivity contribution in [1.29, 1.82) is 0 Å². The zero-order chi connectivity index (χ0) is 14.5. The minimum atomic E-state index is 0.246. The van der Waals surface area contributed by atoms with Crippen molar-refractivity contribution < 1.29 is 9.53 Å². The number of hydrogen-bond donors (Lipinski definition) is 0. The maximum absolute atomic E-state index is 12.6. The van der Waals surface area contributed by atoms with E-state index in [9.17, 15) is 4.79 Å². The normalized spacial score (nSPS) is 27.6. The predicted octanol–water partition coefficient (Wildman–Crippen LogP) is 1.91. The number of nitrogens with zero attached hydrogens (tertiary/aromatic N) is 2. The van der Waals surface area contributed by atoms with Crippen molar-refractivity contribution in [2.45, 2.75) is 38.6 Å². The van der Waals surface area contributed by atoms with E-state index in [2.05, 4.69) is 32.0 Å². The molecule has 0 spiro atoms. The van der Waals surface area contributed by atoms with Gasteiger partial charge >= 0.3 is 0 Å². The van der Waals surface area contributed by atoms with Crippen LogP contribution in [0.5, 0.6) is 0 Å². The lowest BCUT2D eigenvalue weighted by Gasteiger charge is -2.32. The fraction of sp³-hybridized carbons (Fsp3) is 0.812. The topological polar surface area (TPSA) is 32.8 Å². The van der Waals surface area contributed by atoms with Gasteiger partial charge in [0, 0.05) is 24.1 Å². The van der Waals surface area contributed by atoms with Crippen LogP contribution in [-0.2, 0) is 9.53 Å². The molecule has 0 bridgehead atoms. The van der Waals surface area contributed by atoms with Crippen molar-refractivity contribution in [2.75, 3.05) is 40.4 Å². The zero-order valence-electron chi connectivity index (χ0n) is 13.1. The molecule has 0 unspecified atom stereocenters. The molecule has 4 heteroatoms. The smallest absolute Gasteiger partial charge is 0.249 e. The van der Waals surface area contributed by atoms with Gasteiger partial charge in [0.15, 0.2) is 0 Å². The Morgan fingerprint density at radius 2 is 2.30 bits per heavy atom. The summed E-state index contributed by atoms with van der Waals surface area (Å²) in [6.45, 7) is 5.40. The minimum Gasteiger partial charge on any atom is -0.379 e. The average Bonchev–Trinajstić information content (AvgIpc) is 2.88. The van der Waals surface area contributed by atoms with Gasteiger partial charge in [-0.05, 0) is 53.2 Å². The molecule has 2 rings (SSSR count). The van der Waals surface area contributed by atoms with Crippen LogP contribution < -0.4 is 0 Å². The van der Waals surface area contributed by atoms with Gasteiger partial charge in [-0.25, -0.2) is 0 Å². The van der Waals surface area contributed by atoms with Crippen LogP contribution in [0, 0.1) is 5.92 Å². The summed E-state index contributed by atoms with van der Waals surface area (Å²) in [4.78, 5) is 16.9. The third-order valence-corrected chi connectivity index (χ3v) is 4.51. The quantitative estimate of drug-likeness (QED) is 0.788. The van der Waals surface area contributed by atoms with Gasteiger partial charge in [-0.3, -0.25) is 4.79 Å². The minimum absolute atomic E-state index is 0.246. The SMILES string of the molecule is C[C@H]1[C@H](CCN(C)C)COCCN1C(=O)C1=CCCC1. The van der Waals surface area contributed by atoms with Crippen molar-refractivity contribution in [3.05, 3.63) is 11.6 Å². The van der Waals surface area contributed by atoms with Gasteiger partial charge < -0.3 is 14.5 Å². The Labute approximate surface area is 122 Å². The van der Waals surface area contributed by atoms with Gasteiger partial charge in [0.25, 0.3) is 0 Å². The predicted molar refractivity (Wildman–Crippen MR) is 80.6 cm³/mol. The molecule has 1 amide bonds. The highest BCUT2D eigenvalue weighted by atomic mass is 16.5. The van der Waals surface area contributed by atoms with Crippen molar-refractivity contribution >= 4 is 5.91 Å². The lowest BCUT2D eigenvalue weighted by atomic mass is 9.96. The Bertz CT molecular complexity index is 365. The third-order valence-electron chi connectivity index (χ3n) is 4.51. The first-order chi connectivity index (χ1) is 9.59. The molecule has 0 radical (unpaired) electrons. The molecule has 2 aliphatic rings. The molecule has 1 aliphatic heterocycles. The van der Waals surface area contributed by atoms with E-state index < -0.39 is 0 Å². The molecular weight excluding hydrogens is 252 g/mol. The summed E-state index contributed by atoms with van der Waals surface area (Å²) in [5.41, 5.74) is 1.02. The summed E-state index contributed by atoms with van der Waals surface area (Å²) >= 11 is 0. The van der Waals surface area contributed by atoms with Crippen LogP contribution in [0.2, 0.25) is 0 Å². The molecule has 0 aromatic heterocycles. The molecule has 114 valence electrons. The number of amides is 1. The Hall–Kier alpha value is -0.870. The van der Waals surface area contributed by atoms with E-state index in [0.29, 0.717) is 12.5 Å². The van der Waals surface area contributed by atoms with Crippen molar-refractivity contribution in [3.63, 3.8) is 0 Å². The molecule has 20 heavy (non-hydrogen) atoms. The molecule has 1 aliphatic carbocycles. The molecule has 1 fully saturated rings. The summed E-state index contributed by atoms with van der Waals surface area (Å²) in [6, 6.07) is 0.270. The number of carbonyl (C=O) groups is 1. The first-order valence-corrected chi connectivity index (χ1v) is 7.82. The van der Waals surface area contributed by atoms with E-state index in [1.165, 1.54) is 0 Å². The summed E-state index contributed by atoms with van der Waals surface area (Å²) in [5, 5.41) is 0. The molecule has 0 aromatic carbocycles. The second kappa shape index (κ2) is 7.23. The number of rotatable bonds is 4. The van der Waals surface area contributed by atoms with Crippen molar-refractivity contribution in [1.82, 2.24) is 9.80 Å². The zero-order valence-corrected chi connectivity index (χ0v) is 13.1. The van der Waals surface area contributed by atoms with Gasteiger partial charge in [0.2, 0.25) is 5.91 Å². The fourth-order valence-electron chi connectivity index (χ4n) is 3.08. The molecule has 1 saturated heterocycles. The van der Waals surface area contributed by atoms with E-state index in [1.807, 2.05) is 4.90 Å². The van der Waals surface area contributed by atoms with E-state index >= 15 is 0 Å². The maximum Gasteiger partial charge on any atom is 0.249 e. The molecule has 0 N–H and O–H groups in total. The van der Waals surface area contributed by atoms with E-state index in [1.54, 1.807) is 0 Å². The Morgan fingerprint density at radius 3 is 2.95 bits per heavy atom. The maximum atomic E-state index is 12.6. The Kier molecular flexibility index (Phi) is 5.61. The van der Waals surface area contributed by atoms with E-state index in [4.69, 9.17) is 4.74 Å². The highest BCUT2D eigenvalue weighted by Gasteiger charge is 2.31. The van der Waals surface area contributed by atoms with E-state index in [-0.39, 0.29) is 11.9 Å². The standard InChI is InChI=1S/C16H28N2O2/c1-13-15(8-9-17(2)3)12-20-11-10-18(13)16(19)14-6-4-5-7-14/h6,13,15H,4-5,7-12H2,1-3H3/t13-,15+/m0/s1. The van der Waals surface area contributed by atoms with Crippen LogP contribution in [-0.4, -0.2) is 62.1 Å². The second-order valence-corrected chi connectivity index (χ2v) is 6.29. The molecule has 0 saturated carbocycles. The Morgan fingerprint density at radius 1 is 1.50 bits per heavy atom. The highest BCUT2D eigenvalue weighted by molar-refractivity contribution is 5.94. The molecule has 4 nitrogen and oxygen atoms in total. The Balaban J connectivity index is 2.01. The van der Waals surface area contributed by atoms with Crippen molar-refractivity contribution in [3.8, 4) is 0 Å². The number of carbonyl (C=O) groups excluding carboxylic acids is 1. The van der Waals surface area contributed by atoms with Crippen LogP contribution >= 0.6 is 0 Å². The number of ether oxygens (including phenoxy) is 1. The van der Waals surface area contributed by atoms with Gasteiger partial charge in [0.05, 0.1) is 13.2 Å². The van der Waals surface area contributed by atoms with Gasteiger partial charge in [-0.2, -0.15) is 0 Å². The van der Waals surface area contributed by atoms with Crippen molar-refractivity contribution in [2.24, 2.45) is 5.92 Å².